The first kappa shape index (κ1) is 58.9. The van der Waals surface area contributed by atoms with Gasteiger partial charge in [0.2, 0.25) is 0 Å². The normalized spacial score (nSPS) is 10.1. The van der Waals surface area contributed by atoms with E-state index >= 15 is 0 Å². The maximum Gasteiger partial charge on any atom is 0.137 e. The summed E-state index contributed by atoms with van der Waals surface area (Å²) < 4.78 is 10.8. The average molecular weight is 1270 g/mol. The molecule has 6 heterocycles. The van der Waals surface area contributed by atoms with Gasteiger partial charge in [0.25, 0.3) is 0 Å². The maximum absolute atomic E-state index is 7.00. The van der Waals surface area contributed by atoms with E-state index in [9.17, 15) is 0 Å². The van der Waals surface area contributed by atoms with Gasteiger partial charge in [-0.25, -0.2) is 0 Å². The Morgan fingerprint density at radius 3 is 1.28 bits per heavy atom. The standard InChI is InChI=1S/C17H17NO.C17H16NO.2C11H8N.2CH4O.CH4.2Ir/c2*1-17(2,3)13-6-4-12(5-7-13)16-14-9-11-19-15(14)8-10-18-16;2*1-2-6-10(7-3-1)11-8-4-5-9-12-11;2*1-2;;;/h4-11H,1-3H3;4,6-11H,1-3H3;2*1-6,8-9H;2*2H,1H3;1H4;;/q;3*-1;;;;;. The number of pyridine rings is 4. The first-order valence-corrected chi connectivity index (χ1v) is 21.5. The van der Waals surface area contributed by atoms with Gasteiger partial charge < -0.3 is 34.0 Å². The Morgan fingerprint density at radius 2 is 0.870 bits per heavy atom. The fraction of sp³-hybridized carbons (Fsp3) is 0.186. The SMILES string of the molecule is C.CC(C)(C)c1c[c-]c(-c2nccc3occc23)cc1.CC(C)(C)c1ccc(-c2nccc3occc23)cc1.CO.CO.[Ir].[Ir].[c-]1ccccc1-c1ccccn1.[c-]1ccccc1-c1ccccn1. The summed E-state index contributed by atoms with van der Waals surface area (Å²) in [6.45, 7) is 13.3. The summed E-state index contributed by atoms with van der Waals surface area (Å²) >= 11 is 0. The van der Waals surface area contributed by atoms with Crippen LogP contribution in [-0.4, -0.2) is 44.4 Å². The second-order valence-corrected chi connectivity index (χ2v) is 16.5. The Morgan fingerprint density at radius 1 is 0.420 bits per heavy atom. The van der Waals surface area contributed by atoms with Gasteiger partial charge in [0.05, 0.1) is 18.2 Å². The first-order chi connectivity index (χ1) is 32.0. The number of nitrogens with zero attached hydrogens (tertiary/aromatic N) is 4. The van der Waals surface area contributed by atoms with Crippen molar-refractivity contribution in [3.8, 4) is 45.0 Å². The van der Waals surface area contributed by atoms with Crippen molar-refractivity contribution < 1.29 is 59.3 Å². The molecule has 4 aromatic carbocycles. The summed E-state index contributed by atoms with van der Waals surface area (Å²) in [5.74, 6) is 0. The van der Waals surface area contributed by atoms with Crippen LogP contribution in [0.1, 0.15) is 60.1 Å². The first-order valence-electron chi connectivity index (χ1n) is 21.5. The Kier molecular flexibility index (Phi) is 25.3. The van der Waals surface area contributed by atoms with E-state index in [4.69, 9.17) is 19.0 Å². The number of aromatic nitrogens is 4. The topological polar surface area (TPSA) is 118 Å². The van der Waals surface area contributed by atoms with E-state index in [-0.39, 0.29) is 58.5 Å². The minimum absolute atomic E-state index is 0. The monoisotopic (exact) mass is 1280 g/mol. The molecule has 10 heteroatoms. The molecular weight excluding hydrogens is 1210 g/mol. The zero-order valence-corrected chi connectivity index (χ0v) is 44.4. The number of aliphatic hydroxyl groups is 2. The molecule has 0 unspecified atom stereocenters. The molecule has 10 aromatic rings. The van der Waals surface area contributed by atoms with Crippen LogP contribution in [0.25, 0.3) is 67.0 Å². The molecule has 2 N–H and O–H groups in total. The van der Waals surface area contributed by atoms with E-state index in [1.807, 2.05) is 109 Å². The molecule has 0 spiro atoms. The van der Waals surface area contributed by atoms with Crippen LogP contribution in [0.5, 0.6) is 0 Å². The molecule has 2 radical (unpaired) electrons. The quantitative estimate of drug-likeness (QED) is 0.167. The van der Waals surface area contributed by atoms with Crippen molar-refractivity contribution in [2.24, 2.45) is 0 Å². The van der Waals surface area contributed by atoms with Crippen LogP contribution in [0.3, 0.4) is 0 Å². The third-order valence-electron chi connectivity index (χ3n) is 10.0. The number of benzene rings is 4. The van der Waals surface area contributed by atoms with Crippen LogP contribution in [-0.2, 0) is 51.0 Å². The smallest absolute Gasteiger partial charge is 0.137 e. The molecule has 0 bridgehead atoms. The summed E-state index contributed by atoms with van der Waals surface area (Å²) in [5.41, 5.74) is 12.7. The van der Waals surface area contributed by atoms with Crippen molar-refractivity contribution in [1.29, 1.82) is 0 Å². The Labute approximate surface area is 435 Å². The predicted molar refractivity (Wildman–Crippen MR) is 275 cm³/mol. The molecule has 8 nitrogen and oxygen atoms in total. The van der Waals surface area contributed by atoms with Crippen molar-refractivity contribution in [3.05, 3.63) is 218 Å². The van der Waals surface area contributed by atoms with E-state index in [1.165, 1.54) is 11.1 Å². The number of hydrogen-bond donors (Lipinski definition) is 2. The molecule has 0 aliphatic heterocycles. The number of fused-ring (bicyclic) bond motifs is 2. The van der Waals surface area contributed by atoms with E-state index in [0.29, 0.717) is 0 Å². The van der Waals surface area contributed by atoms with Gasteiger partial charge in [-0.3, -0.25) is 4.98 Å². The summed E-state index contributed by atoms with van der Waals surface area (Å²) in [6, 6.07) is 59.6. The Bertz CT molecular complexity index is 2620. The van der Waals surface area contributed by atoms with Gasteiger partial charge in [-0.15, -0.1) is 107 Å². The Hall–Kier alpha value is -6.22. The molecule has 0 amide bonds. The van der Waals surface area contributed by atoms with E-state index < -0.39 is 0 Å². The molecular formula is C59H61Ir2N4O4-3. The van der Waals surface area contributed by atoms with E-state index in [2.05, 4.69) is 122 Å². The van der Waals surface area contributed by atoms with Crippen LogP contribution in [0, 0.1) is 18.2 Å². The van der Waals surface area contributed by atoms with Gasteiger partial charge in [0.15, 0.2) is 0 Å². The van der Waals surface area contributed by atoms with Gasteiger partial charge >= 0.3 is 0 Å². The number of aliphatic hydroxyl groups excluding tert-OH is 2. The molecule has 362 valence electrons. The summed E-state index contributed by atoms with van der Waals surface area (Å²) in [4.78, 5) is 17.4. The van der Waals surface area contributed by atoms with Gasteiger partial charge in [-0.2, -0.15) is 0 Å². The van der Waals surface area contributed by atoms with Crippen molar-refractivity contribution in [1.82, 2.24) is 19.9 Å². The molecule has 0 fully saturated rings. The summed E-state index contributed by atoms with van der Waals surface area (Å²) in [6.07, 6.45) is 10.5. The van der Waals surface area contributed by atoms with E-state index in [1.54, 1.807) is 37.3 Å². The summed E-state index contributed by atoms with van der Waals surface area (Å²) in [5, 5.41) is 16.1. The fourth-order valence-electron chi connectivity index (χ4n) is 6.55. The largest absolute Gasteiger partial charge is 0.465 e. The number of hydrogen-bond acceptors (Lipinski definition) is 8. The predicted octanol–water partition coefficient (Wildman–Crippen LogP) is 14.3. The van der Waals surface area contributed by atoms with Crippen molar-refractivity contribution in [2.45, 2.75) is 59.8 Å². The molecule has 6 aromatic heterocycles. The number of rotatable bonds is 4. The van der Waals surface area contributed by atoms with Crippen LogP contribution >= 0.6 is 0 Å². The Balaban J connectivity index is 0.000000309. The van der Waals surface area contributed by atoms with Gasteiger partial charge in [0.1, 0.15) is 11.2 Å². The minimum Gasteiger partial charge on any atom is -0.465 e. The van der Waals surface area contributed by atoms with Gasteiger partial charge in [0, 0.05) is 95.6 Å². The van der Waals surface area contributed by atoms with Crippen LogP contribution in [0.2, 0.25) is 0 Å². The molecule has 0 saturated carbocycles. The van der Waals surface area contributed by atoms with Crippen LogP contribution < -0.4 is 0 Å². The van der Waals surface area contributed by atoms with Gasteiger partial charge in [-0.1, -0.05) is 97.5 Å². The molecule has 0 aliphatic rings. The maximum atomic E-state index is 7.00. The average Bonchev–Trinajstić information content (AvgIpc) is 4.08. The number of furan rings is 2. The summed E-state index contributed by atoms with van der Waals surface area (Å²) in [7, 11) is 2.00. The van der Waals surface area contributed by atoms with Crippen LogP contribution in [0.4, 0.5) is 0 Å². The van der Waals surface area contributed by atoms with Gasteiger partial charge in [-0.05, 0) is 69.9 Å². The second kappa shape index (κ2) is 29.6. The molecule has 0 aliphatic carbocycles. The molecule has 69 heavy (non-hydrogen) atoms. The second-order valence-electron chi connectivity index (χ2n) is 16.5. The van der Waals surface area contributed by atoms with Crippen molar-refractivity contribution in [2.75, 3.05) is 14.2 Å². The zero-order chi connectivity index (χ0) is 47.4. The third kappa shape index (κ3) is 17.1. The zero-order valence-electron chi connectivity index (χ0n) is 39.6. The molecule has 10 rings (SSSR count). The third-order valence-corrected chi connectivity index (χ3v) is 10.0. The fourth-order valence-corrected chi connectivity index (χ4v) is 6.55. The van der Waals surface area contributed by atoms with Crippen molar-refractivity contribution in [3.63, 3.8) is 0 Å². The van der Waals surface area contributed by atoms with E-state index in [0.717, 1.165) is 81.2 Å². The minimum atomic E-state index is 0. The van der Waals surface area contributed by atoms with Crippen molar-refractivity contribution >= 4 is 21.9 Å². The molecule has 0 atom stereocenters. The van der Waals surface area contributed by atoms with Crippen LogP contribution in [0.15, 0.2) is 198 Å². The molecule has 0 saturated heterocycles.